The minimum atomic E-state index is -3.54. The Balaban J connectivity index is 1.49. The first-order valence-electron chi connectivity index (χ1n) is 9.41. The molecule has 1 amide bonds. The van der Waals surface area contributed by atoms with Crippen LogP contribution in [0.1, 0.15) is 17.3 Å². The fraction of sp³-hybridized carbons (Fsp3) is 0.0909. The molecular formula is C22H20N4O3S. The Morgan fingerprint density at radius 1 is 0.967 bits per heavy atom. The van der Waals surface area contributed by atoms with Crippen molar-refractivity contribution in [1.82, 2.24) is 14.3 Å². The lowest BCUT2D eigenvalue weighted by Gasteiger charge is -2.09. The van der Waals surface area contributed by atoms with Crippen LogP contribution in [0.15, 0.2) is 84.0 Å². The van der Waals surface area contributed by atoms with Crippen molar-refractivity contribution in [3.05, 3.63) is 84.7 Å². The van der Waals surface area contributed by atoms with Gasteiger partial charge >= 0.3 is 0 Å². The Kier molecular flexibility index (Phi) is 5.35. The van der Waals surface area contributed by atoms with Gasteiger partial charge in [0.1, 0.15) is 6.33 Å². The fourth-order valence-corrected chi connectivity index (χ4v) is 4.17. The van der Waals surface area contributed by atoms with E-state index in [-0.39, 0.29) is 10.8 Å². The highest BCUT2D eigenvalue weighted by Gasteiger charge is 2.14. The number of amides is 1. The van der Waals surface area contributed by atoms with Gasteiger partial charge in [-0.1, -0.05) is 19.1 Å². The van der Waals surface area contributed by atoms with Crippen molar-refractivity contribution in [2.75, 3.05) is 11.9 Å². The van der Waals surface area contributed by atoms with E-state index >= 15 is 0 Å². The lowest BCUT2D eigenvalue weighted by Crippen LogP contribution is -2.23. The van der Waals surface area contributed by atoms with E-state index in [1.165, 1.54) is 24.3 Å². The molecule has 0 fully saturated rings. The third kappa shape index (κ3) is 3.96. The first kappa shape index (κ1) is 19.8. The van der Waals surface area contributed by atoms with Gasteiger partial charge in [-0.05, 0) is 60.7 Å². The second kappa shape index (κ2) is 8.10. The molecule has 0 aliphatic heterocycles. The number of carbonyl (C=O) groups is 1. The molecule has 0 spiro atoms. The summed E-state index contributed by atoms with van der Waals surface area (Å²) < 4.78 is 28.4. The smallest absolute Gasteiger partial charge is 0.255 e. The second-order valence-electron chi connectivity index (χ2n) is 6.63. The molecule has 2 N–H and O–H groups in total. The van der Waals surface area contributed by atoms with Gasteiger partial charge in [-0.2, -0.15) is 0 Å². The van der Waals surface area contributed by atoms with Crippen LogP contribution in [-0.2, 0) is 10.0 Å². The number of imidazole rings is 1. The van der Waals surface area contributed by atoms with Gasteiger partial charge in [0, 0.05) is 23.5 Å². The van der Waals surface area contributed by atoms with Crippen molar-refractivity contribution in [3.8, 4) is 5.69 Å². The summed E-state index contributed by atoms with van der Waals surface area (Å²) in [4.78, 5) is 17.0. The molecule has 3 aromatic carbocycles. The van der Waals surface area contributed by atoms with E-state index in [1.807, 2.05) is 53.1 Å². The minimum Gasteiger partial charge on any atom is -0.322 e. The van der Waals surface area contributed by atoms with Gasteiger partial charge in [0.25, 0.3) is 5.91 Å². The zero-order valence-corrected chi connectivity index (χ0v) is 17.1. The number of hydrogen-bond donors (Lipinski definition) is 2. The van der Waals surface area contributed by atoms with Crippen LogP contribution in [0, 0.1) is 0 Å². The summed E-state index contributed by atoms with van der Waals surface area (Å²) in [7, 11) is -3.54. The van der Waals surface area contributed by atoms with Crippen LogP contribution in [0.5, 0.6) is 0 Å². The summed E-state index contributed by atoms with van der Waals surface area (Å²) in [6.07, 6.45) is 1.77. The SMILES string of the molecule is CCNS(=O)(=O)c1ccc(C(=O)Nc2ccc(-n3cnc4ccccc43)cc2)cc1. The molecule has 0 bridgehead atoms. The number of rotatable bonds is 6. The second-order valence-corrected chi connectivity index (χ2v) is 8.40. The van der Waals surface area contributed by atoms with Crippen LogP contribution < -0.4 is 10.0 Å². The fourth-order valence-electron chi connectivity index (χ4n) is 3.13. The third-order valence-electron chi connectivity index (χ3n) is 4.62. The predicted molar refractivity (Wildman–Crippen MR) is 116 cm³/mol. The van der Waals surface area contributed by atoms with Crippen LogP contribution in [-0.4, -0.2) is 30.4 Å². The maximum absolute atomic E-state index is 12.5. The van der Waals surface area contributed by atoms with E-state index in [1.54, 1.807) is 13.3 Å². The predicted octanol–water partition coefficient (Wildman–Crippen LogP) is 3.58. The van der Waals surface area contributed by atoms with Gasteiger partial charge in [-0.25, -0.2) is 18.1 Å². The number of anilines is 1. The number of nitrogens with one attached hydrogen (secondary N) is 2. The van der Waals surface area contributed by atoms with Crippen molar-refractivity contribution in [2.45, 2.75) is 11.8 Å². The summed E-state index contributed by atoms with van der Waals surface area (Å²) in [5.41, 5.74) is 3.85. The molecule has 0 aliphatic rings. The van der Waals surface area contributed by atoms with Gasteiger partial charge in [0.05, 0.1) is 15.9 Å². The number of aromatic nitrogens is 2. The lowest BCUT2D eigenvalue weighted by molar-refractivity contribution is 0.102. The Morgan fingerprint density at radius 2 is 1.67 bits per heavy atom. The van der Waals surface area contributed by atoms with Gasteiger partial charge < -0.3 is 5.32 Å². The molecule has 4 rings (SSSR count). The van der Waals surface area contributed by atoms with E-state index in [0.717, 1.165) is 16.7 Å². The number of nitrogens with zero attached hydrogens (tertiary/aromatic N) is 2. The average Bonchev–Trinajstić information content (AvgIpc) is 3.18. The molecule has 0 saturated carbocycles. The number of fused-ring (bicyclic) bond motifs is 1. The maximum atomic E-state index is 12.5. The van der Waals surface area contributed by atoms with Crippen molar-refractivity contribution in [1.29, 1.82) is 0 Å². The van der Waals surface area contributed by atoms with Crippen molar-refractivity contribution < 1.29 is 13.2 Å². The highest BCUT2D eigenvalue weighted by Crippen LogP contribution is 2.20. The van der Waals surface area contributed by atoms with Gasteiger partial charge in [-0.3, -0.25) is 9.36 Å². The van der Waals surface area contributed by atoms with Crippen molar-refractivity contribution >= 4 is 32.7 Å². The topological polar surface area (TPSA) is 93.1 Å². The van der Waals surface area contributed by atoms with Crippen molar-refractivity contribution in [2.24, 2.45) is 0 Å². The first-order valence-corrected chi connectivity index (χ1v) is 10.9. The summed E-state index contributed by atoms with van der Waals surface area (Å²) in [5, 5.41) is 2.82. The maximum Gasteiger partial charge on any atom is 0.255 e. The lowest BCUT2D eigenvalue weighted by atomic mass is 10.2. The van der Waals surface area contributed by atoms with E-state index < -0.39 is 10.0 Å². The molecule has 0 saturated heterocycles. The Hall–Kier alpha value is -3.49. The summed E-state index contributed by atoms with van der Waals surface area (Å²) in [6, 6.07) is 21.1. The van der Waals surface area contributed by atoms with Gasteiger partial charge in [0.2, 0.25) is 10.0 Å². The van der Waals surface area contributed by atoms with Crippen LogP contribution >= 0.6 is 0 Å². The highest BCUT2D eigenvalue weighted by atomic mass is 32.2. The molecule has 152 valence electrons. The normalized spacial score (nSPS) is 11.5. The average molecular weight is 420 g/mol. The van der Waals surface area contributed by atoms with E-state index in [0.29, 0.717) is 17.8 Å². The quantitative estimate of drug-likeness (QED) is 0.499. The zero-order chi connectivity index (χ0) is 21.1. The molecule has 0 atom stereocenters. The molecule has 30 heavy (non-hydrogen) atoms. The molecule has 1 aromatic heterocycles. The summed E-state index contributed by atoms with van der Waals surface area (Å²) in [5.74, 6) is -0.316. The molecule has 0 aliphatic carbocycles. The number of sulfonamides is 1. The Labute approximate surface area is 174 Å². The van der Waals surface area contributed by atoms with E-state index in [9.17, 15) is 13.2 Å². The number of para-hydroxylation sites is 2. The number of carbonyl (C=O) groups excluding carboxylic acids is 1. The molecule has 0 unspecified atom stereocenters. The Morgan fingerprint density at radius 3 is 2.37 bits per heavy atom. The molecule has 7 nitrogen and oxygen atoms in total. The largest absolute Gasteiger partial charge is 0.322 e. The highest BCUT2D eigenvalue weighted by molar-refractivity contribution is 7.89. The van der Waals surface area contributed by atoms with Gasteiger partial charge in [0.15, 0.2) is 0 Å². The molecule has 1 heterocycles. The van der Waals surface area contributed by atoms with Crippen LogP contribution in [0.2, 0.25) is 0 Å². The van der Waals surface area contributed by atoms with Crippen LogP contribution in [0.3, 0.4) is 0 Å². The standard InChI is InChI=1S/C22H20N4O3S/c1-2-24-30(28,29)19-13-7-16(8-14-19)22(27)25-17-9-11-18(12-10-17)26-15-23-20-5-3-4-6-21(20)26/h3-15,24H,2H2,1H3,(H,25,27). The third-order valence-corrected chi connectivity index (χ3v) is 6.18. The molecule has 0 radical (unpaired) electrons. The molecule has 8 heteroatoms. The summed E-state index contributed by atoms with van der Waals surface area (Å²) >= 11 is 0. The van der Waals surface area contributed by atoms with Crippen LogP contribution in [0.25, 0.3) is 16.7 Å². The van der Waals surface area contributed by atoms with Crippen molar-refractivity contribution in [3.63, 3.8) is 0 Å². The van der Waals surface area contributed by atoms with E-state index in [4.69, 9.17) is 0 Å². The summed E-state index contributed by atoms with van der Waals surface area (Å²) in [6.45, 7) is 2.01. The molecular weight excluding hydrogens is 400 g/mol. The first-order chi connectivity index (χ1) is 14.5. The monoisotopic (exact) mass is 420 g/mol. The number of hydrogen-bond acceptors (Lipinski definition) is 4. The molecule has 4 aromatic rings. The minimum absolute atomic E-state index is 0.123. The Bertz CT molecular complexity index is 1290. The van der Waals surface area contributed by atoms with E-state index in [2.05, 4.69) is 15.0 Å². The zero-order valence-electron chi connectivity index (χ0n) is 16.2. The van der Waals surface area contributed by atoms with Crippen LogP contribution in [0.4, 0.5) is 5.69 Å². The number of benzene rings is 3. The van der Waals surface area contributed by atoms with Gasteiger partial charge in [-0.15, -0.1) is 0 Å².